The Morgan fingerprint density at radius 1 is 1.15 bits per heavy atom. The van der Waals surface area contributed by atoms with Crippen molar-refractivity contribution in [1.29, 1.82) is 0 Å². The highest BCUT2D eigenvalue weighted by Crippen LogP contribution is 2.29. The molecule has 0 saturated carbocycles. The van der Waals surface area contributed by atoms with Gasteiger partial charge in [0.15, 0.2) is 0 Å². The smallest absolute Gasteiger partial charge is 0.138 e. The fraction of sp³-hybridized carbons (Fsp3) is 0.200. The second-order valence-corrected chi connectivity index (χ2v) is 5.32. The van der Waals surface area contributed by atoms with Gasteiger partial charge in [-0.25, -0.2) is 4.39 Å². The van der Waals surface area contributed by atoms with Gasteiger partial charge in [-0.2, -0.15) is 0 Å². The van der Waals surface area contributed by atoms with E-state index in [0.717, 1.165) is 5.56 Å². The van der Waals surface area contributed by atoms with Crippen LogP contribution in [-0.2, 0) is 6.61 Å². The van der Waals surface area contributed by atoms with Gasteiger partial charge in [-0.1, -0.05) is 29.3 Å². The second kappa shape index (κ2) is 6.44. The number of ether oxygens (including phenoxy) is 1. The number of hydrogen-bond donors (Lipinski definition) is 1. The molecule has 0 amide bonds. The minimum Gasteiger partial charge on any atom is -0.487 e. The molecule has 0 bridgehead atoms. The van der Waals surface area contributed by atoms with E-state index in [1.54, 1.807) is 12.1 Å². The van der Waals surface area contributed by atoms with Crippen LogP contribution < -0.4 is 10.5 Å². The standard InChI is InChI=1S/C15H14Cl2FNO/c1-9(19)10-2-5-15(14(17)7-10)20-8-11-6-12(18)3-4-13(11)16/h2-7,9H,8,19H2,1H3. The Labute approximate surface area is 127 Å². The molecule has 0 saturated heterocycles. The SMILES string of the molecule is CC(N)c1ccc(OCc2cc(F)ccc2Cl)c(Cl)c1. The zero-order valence-corrected chi connectivity index (χ0v) is 12.4. The van der Waals surface area contributed by atoms with E-state index in [2.05, 4.69) is 0 Å². The highest BCUT2D eigenvalue weighted by molar-refractivity contribution is 6.32. The van der Waals surface area contributed by atoms with Gasteiger partial charge in [0.2, 0.25) is 0 Å². The number of halogens is 3. The molecule has 2 aromatic carbocycles. The van der Waals surface area contributed by atoms with Crippen molar-refractivity contribution >= 4 is 23.2 Å². The summed E-state index contributed by atoms with van der Waals surface area (Å²) in [5, 5.41) is 0.919. The number of hydrogen-bond acceptors (Lipinski definition) is 2. The average molecular weight is 314 g/mol. The number of nitrogens with two attached hydrogens (primary N) is 1. The predicted molar refractivity (Wildman–Crippen MR) is 79.8 cm³/mol. The second-order valence-electron chi connectivity index (χ2n) is 4.50. The number of rotatable bonds is 4. The first-order valence-corrected chi connectivity index (χ1v) is 6.84. The normalized spacial score (nSPS) is 12.2. The molecule has 1 atom stereocenters. The molecule has 0 fully saturated rings. The van der Waals surface area contributed by atoms with E-state index in [4.69, 9.17) is 33.7 Å². The molecule has 2 rings (SSSR count). The largest absolute Gasteiger partial charge is 0.487 e. The Hall–Kier alpha value is -1.29. The number of benzene rings is 2. The van der Waals surface area contributed by atoms with Gasteiger partial charge in [0.25, 0.3) is 0 Å². The van der Waals surface area contributed by atoms with E-state index >= 15 is 0 Å². The molecule has 2 nitrogen and oxygen atoms in total. The van der Waals surface area contributed by atoms with Gasteiger partial charge < -0.3 is 10.5 Å². The molecule has 106 valence electrons. The third kappa shape index (κ3) is 3.63. The van der Waals surface area contributed by atoms with Crippen LogP contribution in [0.15, 0.2) is 36.4 Å². The Kier molecular flexibility index (Phi) is 4.86. The van der Waals surface area contributed by atoms with Gasteiger partial charge >= 0.3 is 0 Å². The first-order chi connectivity index (χ1) is 9.47. The monoisotopic (exact) mass is 313 g/mol. The van der Waals surface area contributed by atoms with Crippen molar-refractivity contribution in [2.45, 2.75) is 19.6 Å². The molecule has 0 aliphatic heterocycles. The maximum atomic E-state index is 13.1. The van der Waals surface area contributed by atoms with Gasteiger partial charge in [-0.15, -0.1) is 0 Å². The summed E-state index contributed by atoms with van der Waals surface area (Å²) in [5.41, 5.74) is 7.27. The van der Waals surface area contributed by atoms with Crippen LogP contribution in [0.4, 0.5) is 4.39 Å². The Bertz CT molecular complexity index is 617. The lowest BCUT2D eigenvalue weighted by molar-refractivity contribution is 0.305. The van der Waals surface area contributed by atoms with E-state index in [1.807, 2.05) is 13.0 Å². The van der Waals surface area contributed by atoms with Crippen molar-refractivity contribution < 1.29 is 9.13 Å². The summed E-state index contributed by atoms with van der Waals surface area (Å²) in [5.74, 6) is 0.155. The summed E-state index contributed by atoms with van der Waals surface area (Å²) in [4.78, 5) is 0. The lowest BCUT2D eigenvalue weighted by Crippen LogP contribution is -2.05. The van der Waals surface area contributed by atoms with Crippen molar-refractivity contribution in [3.63, 3.8) is 0 Å². The van der Waals surface area contributed by atoms with Crippen molar-refractivity contribution in [2.24, 2.45) is 5.73 Å². The van der Waals surface area contributed by atoms with Gasteiger partial charge in [0, 0.05) is 16.6 Å². The van der Waals surface area contributed by atoms with Crippen molar-refractivity contribution in [2.75, 3.05) is 0 Å². The molecule has 1 unspecified atom stereocenters. The Balaban J connectivity index is 2.13. The predicted octanol–water partition coefficient (Wildman–Crippen LogP) is 4.73. The molecule has 0 aromatic heterocycles. The summed E-state index contributed by atoms with van der Waals surface area (Å²) in [6.07, 6.45) is 0. The maximum Gasteiger partial charge on any atom is 0.138 e. The molecule has 2 N–H and O–H groups in total. The molecule has 0 aliphatic carbocycles. The van der Waals surface area contributed by atoms with Crippen LogP contribution in [0, 0.1) is 5.82 Å². The molecular formula is C15H14Cl2FNO. The molecule has 20 heavy (non-hydrogen) atoms. The highest BCUT2D eigenvalue weighted by Gasteiger charge is 2.08. The first-order valence-electron chi connectivity index (χ1n) is 6.09. The fourth-order valence-corrected chi connectivity index (χ4v) is 2.14. The summed E-state index contributed by atoms with van der Waals surface area (Å²) >= 11 is 12.1. The zero-order chi connectivity index (χ0) is 14.7. The van der Waals surface area contributed by atoms with Crippen LogP contribution in [0.25, 0.3) is 0 Å². The lowest BCUT2D eigenvalue weighted by Gasteiger charge is -2.12. The van der Waals surface area contributed by atoms with Gasteiger partial charge in [-0.05, 0) is 42.8 Å². The van der Waals surface area contributed by atoms with Gasteiger partial charge in [-0.3, -0.25) is 0 Å². The van der Waals surface area contributed by atoms with Crippen LogP contribution in [0.3, 0.4) is 0 Å². The summed E-state index contributed by atoms with van der Waals surface area (Å²) in [6, 6.07) is 9.39. The van der Waals surface area contributed by atoms with Crippen molar-refractivity contribution in [1.82, 2.24) is 0 Å². The van der Waals surface area contributed by atoms with Crippen molar-refractivity contribution in [3.8, 4) is 5.75 Å². The van der Waals surface area contributed by atoms with Crippen LogP contribution in [0.2, 0.25) is 10.0 Å². The molecule has 2 aromatic rings. The van der Waals surface area contributed by atoms with E-state index < -0.39 is 0 Å². The average Bonchev–Trinajstić information content (AvgIpc) is 2.40. The van der Waals surface area contributed by atoms with E-state index in [1.165, 1.54) is 18.2 Å². The van der Waals surface area contributed by atoms with Gasteiger partial charge in [0.1, 0.15) is 18.2 Å². The van der Waals surface area contributed by atoms with Crippen LogP contribution in [0.5, 0.6) is 5.75 Å². The third-order valence-corrected chi connectivity index (χ3v) is 3.54. The van der Waals surface area contributed by atoms with Crippen LogP contribution >= 0.6 is 23.2 Å². The molecule has 0 aliphatic rings. The molecule has 0 spiro atoms. The molecule has 0 radical (unpaired) electrons. The first kappa shape index (κ1) is 15.1. The molecular weight excluding hydrogens is 300 g/mol. The minimum absolute atomic E-state index is 0.0980. The summed E-state index contributed by atoms with van der Waals surface area (Å²) in [6.45, 7) is 2.02. The summed E-state index contributed by atoms with van der Waals surface area (Å²) < 4.78 is 18.7. The van der Waals surface area contributed by atoms with Crippen LogP contribution in [-0.4, -0.2) is 0 Å². The van der Waals surface area contributed by atoms with Crippen molar-refractivity contribution in [3.05, 3.63) is 63.4 Å². The highest BCUT2D eigenvalue weighted by atomic mass is 35.5. The lowest BCUT2D eigenvalue weighted by atomic mass is 10.1. The third-order valence-electron chi connectivity index (χ3n) is 2.87. The van der Waals surface area contributed by atoms with Crippen LogP contribution in [0.1, 0.15) is 24.1 Å². The Morgan fingerprint density at radius 3 is 2.55 bits per heavy atom. The molecule has 0 heterocycles. The van der Waals surface area contributed by atoms with Gasteiger partial charge in [0.05, 0.1) is 5.02 Å². The topological polar surface area (TPSA) is 35.2 Å². The van der Waals surface area contributed by atoms with E-state index in [0.29, 0.717) is 21.4 Å². The van der Waals surface area contributed by atoms with E-state index in [9.17, 15) is 4.39 Å². The quantitative estimate of drug-likeness (QED) is 0.885. The fourth-order valence-electron chi connectivity index (χ4n) is 1.73. The minimum atomic E-state index is -0.355. The summed E-state index contributed by atoms with van der Waals surface area (Å²) in [7, 11) is 0. The van der Waals surface area contributed by atoms with E-state index in [-0.39, 0.29) is 18.5 Å². The Morgan fingerprint density at radius 2 is 1.90 bits per heavy atom. The maximum absolute atomic E-state index is 13.1. The zero-order valence-electron chi connectivity index (χ0n) is 10.9. The molecule has 5 heteroatoms.